The van der Waals surface area contributed by atoms with Crippen molar-refractivity contribution in [3.63, 3.8) is 0 Å². The normalized spacial score (nSPS) is 12.7. The van der Waals surface area contributed by atoms with Crippen molar-refractivity contribution in [1.29, 1.82) is 0 Å². The average Bonchev–Trinajstić information content (AvgIpc) is 3.41. The van der Waals surface area contributed by atoms with E-state index in [4.69, 9.17) is 0 Å². The van der Waals surface area contributed by atoms with Gasteiger partial charge in [0, 0.05) is 51.1 Å². The number of para-hydroxylation sites is 1. The lowest BCUT2D eigenvalue weighted by atomic mass is 9.43. The number of aryl methyl sites for hydroxylation is 2. The second-order valence-electron chi connectivity index (χ2n) is 20.5. The van der Waals surface area contributed by atoms with Crippen molar-refractivity contribution in [2.75, 3.05) is 14.6 Å². The number of benzene rings is 10. The molecule has 2 aliphatic rings. The topological polar surface area (TPSA) is 9.72 Å². The zero-order chi connectivity index (χ0) is 48.2. The second-order valence-corrected chi connectivity index (χ2v) is 20.5. The molecule has 4 heteroatoms. The van der Waals surface area contributed by atoms with Gasteiger partial charge in [-0.25, -0.2) is 0 Å². The molecule has 0 unspecified atom stereocenters. The van der Waals surface area contributed by atoms with Crippen molar-refractivity contribution in [3.8, 4) is 33.4 Å². The second kappa shape index (κ2) is 18.0. The van der Waals surface area contributed by atoms with E-state index in [1.807, 2.05) is 0 Å². The predicted octanol–water partition coefficient (Wildman–Crippen LogP) is 17.3. The minimum Gasteiger partial charge on any atom is -0.376 e. The fourth-order valence-electron chi connectivity index (χ4n) is 11.2. The van der Waals surface area contributed by atoms with Gasteiger partial charge in [0.25, 0.3) is 0 Å². The van der Waals surface area contributed by atoms with Crippen LogP contribution < -0.4 is 25.5 Å². The van der Waals surface area contributed by atoms with Crippen LogP contribution in [-0.2, 0) is 11.8 Å². The van der Waals surface area contributed by atoms with Gasteiger partial charge in [0.05, 0.1) is 0 Å². The number of hydrogen-bond donors (Lipinski definition) is 0. The summed E-state index contributed by atoms with van der Waals surface area (Å²) in [4.78, 5) is 7.67. The number of hydrogen-bond acceptors (Lipinski definition) is 3. The van der Waals surface area contributed by atoms with Crippen LogP contribution in [-0.4, -0.2) is 6.85 Å². The Morgan fingerprint density at radius 2 is 1.08 bits per heavy atom. The van der Waals surface area contributed by atoms with Gasteiger partial charge in [0.2, 0.25) is 0 Å². The molecule has 0 atom stereocenters. The minimum atomic E-state index is -0.147. The van der Waals surface area contributed by atoms with E-state index in [0.29, 0.717) is 0 Å². The van der Waals surface area contributed by atoms with Gasteiger partial charge in [-0.05, 0) is 176 Å². The Hall–Kier alpha value is -8.08. The first-order valence-corrected chi connectivity index (χ1v) is 25.4. The molecular weight excluding hydrogens is 858 g/mol. The summed E-state index contributed by atoms with van der Waals surface area (Å²) in [5, 5.41) is 2.46. The molecule has 0 N–H and O–H groups in total. The summed E-state index contributed by atoms with van der Waals surface area (Å²) in [5.41, 5.74) is 23.0. The lowest BCUT2D eigenvalue weighted by Gasteiger charge is -2.46. The Balaban J connectivity index is 1.16. The summed E-state index contributed by atoms with van der Waals surface area (Å²) in [5.74, 6) is 0. The molecule has 0 saturated heterocycles. The van der Waals surface area contributed by atoms with E-state index >= 15 is 0 Å². The molecule has 2 aliphatic heterocycles. The highest BCUT2D eigenvalue weighted by Gasteiger charge is 2.46. The Bertz CT molecular complexity index is 3560. The number of fused-ring (bicyclic) bond motifs is 5. The Morgan fingerprint density at radius 1 is 0.465 bits per heavy atom. The number of nitrogens with zero attached hydrogens (tertiary/aromatic N) is 3. The van der Waals surface area contributed by atoms with Crippen LogP contribution in [0.4, 0.5) is 45.5 Å². The molecule has 0 aromatic heterocycles. The number of rotatable bonds is 10. The highest BCUT2D eigenvalue weighted by atomic mass is 15.2. The van der Waals surface area contributed by atoms with E-state index in [0.717, 1.165) is 34.9 Å². The van der Waals surface area contributed by atoms with Crippen LogP contribution >= 0.6 is 0 Å². The molecule has 0 spiro atoms. The molecule has 0 radical (unpaired) electrons. The summed E-state index contributed by atoms with van der Waals surface area (Å²) < 4.78 is 0. The molecule has 0 aliphatic carbocycles. The molecule has 71 heavy (non-hydrogen) atoms. The van der Waals surface area contributed by atoms with E-state index in [9.17, 15) is 0 Å². The highest BCUT2D eigenvalue weighted by molar-refractivity contribution is 6.93. The van der Waals surface area contributed by atoms with Gasteiger partial charge in [0.15, 0.2) is 0 Å². The van der Waals surface area contributed by atoms with Gasteiger partial charge in [-0.2, -0.15) is 0 Å². The first-order chi connectivity index (χ1) is 34.7. The lowest BCUT2D eigenvalue weighted by Crippen LogP contribution is -2.61. The molecule has 0 fully saturated rings. The Kier molecular flexibility index (Phi) is 11.2. The zero-order valence-electron chi connectivity index (χ0n) is 41.4. The summed E-state index contributed by atoms with van der Waals surface area (Å²) in [6, 6.07) is 84.2. The lowest BCUT2D eigenvalue weighted by molar-refractivity contribution is 0.590. The van der Waals surface area contributed by atoms with Gasteiger partial charge in [-0.3, -0.25) is 0 Å². The Morgan fingerprint density at radius 3 is 1.75 bits per heavy atom. The van der Waals surface area contributed by atoms with Crippen molar-refractivity contribution >= 4 is 74.0 Å². The van der Waals surface area contributed by atoms with E-state index in [-0.39, 0.29) is 12.3 Å². The van der Waals surface area contributed by atoms with Gasteiger partial charge in [-0.1, -0.05) is 174 Å². The predicted molar refractivity (Wildman–Crippen MR) is 305 cm³/mol. The summed E-state index contributed by atoms with van der Waals surface area (Å²) in [6.07, 6.45) is 3.45. The first kappa shape index (κ1) is 44.2. The molecular formula is C67H58BN3. The molecule has 12 rings (SSSR count). The summed E-state index contributed by atoms with van der Waals surface area (Å²) >= 11 is 0. The van der Waals surface area contributed by atoms with Crippen LogP contribution in [0.15, 0.2) is 224 Å². The minimum absolute atomic E-state index is 0.0187. The molecule has 2 heterocycles. The number of unbranched alkanes of at least 4 members (excludes halogenated alkanes) is 1. The maximum Gasteiger partial charge on any atom is 0.333 e. The maximum absolute atomic E-state index is 2.65. The number of anilines is 8. The van der Waals surface area contributed by atoms with Crippen LogP contribution in [0.1, 0.15) is 57.2 Å². The summed E-state index contributed by atoms with van der Waals surface area (Å²) in [6.45, 7) is 11.3. The van der Waals surface area contributed by atoms with Gasteiger partial charge < -0.3 is 14.6 Å². The average molecular weight is 916 g/mol. The standard InChI is InChI=1S/C67H58BN3/c1-6-7-19-47-28-33-56(34-29-47)69(55-26-15-10-16-27-55)58-37-38-61-64(45-58)70(62-39-30-52(40-46(62)2)48-20-11-8-12-21-48)65-44-53(49-22-13-9-14-23-49)42-60-59-41-50-24-17-18-25-51(50)43-63(59)71(68(61)66(60)65)57-35-31-54(32-36-57)67(3,4)5/h8-18,20-45H,6-7,19H2,1-5H3. The third-order valence-corrected chi connectivity index (χ3v) is 14.8. The van der Waals surface area contributed by atoms with Crippen LogP contribution in [0.2, 0.25) is 0 Å². The Labute approximate surface area is 420 Å². The van der Waals surface area contributed by atoms with Crippen LogP contribution in [0, 0.1) is 6.92 Å². The fraction of sp³-hybridized carbons (Fsp3) is 0.134. The molecule has 10 aromatic rings. The molecule has 0 bridgehead atoms. The smallest absolute Gasteiger partial charge is 0.333 e. The zero-order valence-corrected chi connectivity index (χ0v) is 41.4. The van der Waals surface area contributed by atoms with Crippen molar-refractivity contribution in [2.24, 2.45) is 0 Å². The van der Waals surface area contributed by atoms with Crippen LogP contribution in [0.5, 0.6) is 0 Å². The van der Waals surface area contributed by atoms with Gasteiger partial charge in [-0.15, -0.1) is 0 Å². The molecule has 0 amide bonds. The third kappa shape index (κ3) is 7.98. The molecule has 10 aromatic carbocycles. The quantitative estimate of drug-likeness (QED) is 0.127. The first-order valence-electron chi connectivity index (χ1n) is 25.4. The van der Waals surface area contributed by atoms with E-state index in [1.54, 1.807) is 0 Å². The van der Waals surface area contributed by atoms with E-state index < -0.39 is 0 Å². The van der Waals surface area contributed by atoms with Gasteiger partial charge >= 0.3 is 6.85 Å². The molecule has 344 valence electrons. The molecule has 0 saturated carbocycles. The largest absolute Gasteiger partial charge is 0.376 e. The van der Waals surface area contributed by atoms with E-state index in [1.165, 1.54) is 102 Å². The maximum atomic E-state index is 2.65. The third-order valence-electron chi connectivity index (χ3n) is 14.8. The highest BCUT2D eigenvalue weighted by Crippen LogP contribution is 2.51. The van der Waals surface area contributed by atoms with E-state index in [2.05, 4.69) is 274 Å². The fourth-order valence-corrected chi connectivity index (χ4v) is 11.2. The van der Waals surface area contributed by atoms with Gasteiger partial charge in [0.1, 0.15) is 0 Å². The van der Waals surface area contributed by atoms with Crippen LogP contribution in [0.3, 0.4) is 0 Å². The monoisotopic (exact) mass is 915 g/mol. The van der Waals surface area contributed by atoms with Crippen molar-refractivity contribution in [1.82, 2.24) is 0 Å². The summed E-state index contributed by atoms with van der Waals surface area (Å²) in [7, 11) is 0. The SMILES string of the molecule is CCCCc1ccc(N(c2ccccc2)c2ccc3c(c2)N(c2ccc(-c4ccccc4)cc2C)c2cc(-c4ccccc4)cc4c2B3N(c2ccc(C(C)(C)C)cc2)c2cc3ccccc3cc2-4)cc1. The van der Waals surface area contributed by atoms with Crippen molar-refractivity contribution in [2.45, 2.75) is 59.3 Å². The molecule has 3 nitrogen and oxygen atoms in total. The van der Waals surface area contributed by atoms with Crippen LogP contribution in [0.25, 0.3) is 44.2 Å². The van der Waals surface area contributed by atoms with Crippen molar-refractivity contribution in [3.05, 3.63) is 241 Å². The van der Waals surface area contributed by atoms with Crippen molar-refractivity contribution < 1.29 is 0 Å².